The van der Waals surface area contributed by atoms with E-state index < -0.39 is 0 Å². The molecule has 18 heavy (non-hydrogen) atoms. The van der Waals surface area contributed by atoms with Crippen LogP contribution < -0.4 is 5.32 Å². The van der Waals surface area contributed by atoms with Crippen LogP contribution in [0.25, 0.3) is 0 Å². The first-order chi connectivity index (χ1) is 8.65. The smallest absolute Gasteiger partial charge is 0.224 e. The quantitative estimate of drug-likeness (QED) is 0.838. The number of carbonyl (C=O) groups is 1. The maximum absolute atomic E-state index is 12.8. The number of nitrogens with one attached hydrogen (secondary N) is 1. The van der Waals surface area contributed by atoms with E-state index in [4.69, 9.17) is 5.11 Å². The molecule has 1 saturated carbocycles. The van der Waals surface area contributed by atoms with Crippen LogP contribution in [0.4, 0.5) is 4.39 Å². The second kappa shape index (κ2) is 5.48. The molecule has 1 aliphatic carbocycles. The van der Waals surface area contributed by atoms with E-state index in [9.17, 15) is 9.18 Å². The van der Waals surface area contributed by atoms with Crippen molar-refractivity contribution < 1.29 is 14.3 Å². The van der Waals surface area contributed by atoms with Gasteiger partial charge >= 0.3 is 0 Å². The van der Waals surface area contributed by atoms with Crippen LogP contribution in [-0.2, 0) is 4.79 Å². The summed E-state index contributed by atoms with van der Waals surface area (Å²) in [7, 11) is 0. The van der Waals surface area contributed by atoms with Gasteiger partial charge in [0, 0.05) is 5.92 Å². The van der Waals surface area contributed by atoms with Crippen LogP contribution in [0.2, 0.25) is 0 Å². The summed E-state index contributed by atoms with van der Waals surface area (Å²) in [5.41, 5.74) is 1.01. The first-order valence-corrected chi connectivity index (χ1v) is 6.32. The summed E-state index contributed by atoms with van der Waals surface area (Å²) in [4.78, 5) is 11.9. The Bertz CT molecular complexity index is 414. The van der Waals surface area contributed by atoms with Gasteiger partial charge in [0.2, 0.25) is 5.91 Å². The predicted octanol–water partition coefficient (Wildman–Crippen LogP) is 1.82. The van der Waals surface area contributed by atoms with Gasteiger partial charge in [0.1, 0.15) is 5.82 Å². The molecule has 0 heterocycles. The van der Waals surface area contributed by atoms with E-state index in [0.29, 0.717) is 0 Å². The topological polar surface area (TPSA) is 49.3 Å². The van der Waals surface area contributed by atoms with Gasteiger partial charge in [-0.05, 0) is 36.5 Å². The minimum Gasteiger partial charge on any atom is -0.394 e. The van der Waals surface area contributed by atoms with Gasteiger partial charge < -0.3 is 10.4 Å². The summed E-state index contributed by atoms with van der Waals surface area (Å²) in [6, 6.07) is 6.15. The summed E-state index contributed by atoms with van der Waals surface area (Å²) in [6.45, 7) is 1.89. The van der Waals surface area contributed by atoms with Crippen LogP contribution in [0, 0.1) is 11.7 Å². The van der Waals surface area contributed by atoms with Crippen LogP contribution in [0.5, 0.6) is 0 Å². The summed E-state index contributed by atoms with van der Waals surface area (Å²) in [5.74, 6) is -0.102. The lowest BCUT2D eigenvalue weighted by Crippen LogP contribution is -2.38. The molecule has 0 aromatic heterocycles. The van der Waals surface area contributed by atoms with Crippen molar-refractivity contribution in [3.63, 3.8) is 0 Å². The van der Waals surface area contributed by atoms with Crippen LogP contribution in [0.15, 0.2) is 24.3 Å². The highest BCUT2D eigenvalue weighted by Crippen LogP contribution is 2.47. The average molecular weight is 251 g/mol. The predicted molar refractivity (Wildman–Crippen MR) is 66.6 cm³/mol. The Kier molecular flexibility index (Phi) is 3.97. The lowest BCUT2D eigenvalue weighted by Gasteiger charge is -2.13. The minimum absolute atomic E-state index is 0.00905. The third kappa shape index (κ3) is 2.88. The van der Waals surface area contributed by atoms with Crippen molar-refractivity contribution in [3.05, 3.63) is 35.6 Å². The van der Waals surface area contributed by atoms with Gasteiger partial charge in [0.15, 0.2) is 0 Å². The van der Waals surface area contributed by atoms with E-state index in [1.54, 1.807) is 12.1 Å². The number of halogens is 1. The molecular weight excluding hydrogens is 233 g/mol. The fourth-order valence-electron chi connectivity index (χ4n) is 2.15. The third-order valence-electron chi connectivity index (χ3n) is 3.48. The van der Waals surface area contributed by atoms with Crippen molar-refractivity contribution in [2.24, 2.45) is 5.92 Å². The van der Waals surface area contributed by atoms with E-state index in [2.05, 4.69) is 5.32 Å². The molecule has 0 radical (unpaired) electrons. The van der Waals surface area contributed by atoms with E-state index in [0.717, 1.165) is 18.4 Å². The minimum atomic E-state index is -0.258. The third-order valence-corrected chi connectivity index (χ3v) is 3.48. The molecule has 0 spiro atoms. The fraction of sp³-hybridized carbons (Fsp3) is 0.500. The van der Waals surface area contributed by atoms with Gasteiger partial charge in [-0.1, -0.05) is 19.1 Å². The number of hydrogen-bond donors (Lipinski definition) is 2. The van der Waals surface area contributed by atoms with E-state index in [1.165, 1.54) is 12.1 Å². The first-order valence-electron chi connectivity index (χ1n) is 6.32. The van der Waals surface area contributed by atoms with E-state index in [1.807, 2.05) is 6.92 Å². The van der Waals surface area contributed by atoms with Gasteiger partial charge in [-0.25, -0.2) is 4.39 Å². The van der Waals surface area contributed by atoms with Crippen LogP contribution >= 0.6 is 0 Å². The van der Waals surface area contributed by atoms with Crippen molar-refractivity contribution in [1.29, 1.82) is 0 Å². The zero-order valence-electron chi connectivity index (χ0n) is 10.4. The molecule has 4 heteroatoms. The van der Waals surface area contributed by atoms with E-state index >= 15 is 0 Å². The standard InChI is InChI=1S/C14H18FNO2/c1-2-11(8-17)16-14(18)13-7-12(13)9-3-5-10(15)6-4-9/h3-6,11-13,17H,2,7-8H2,1H3,(H,16,18). The van der Waals surface area contributed by atoms with E-state index in [-0.39, 0.29) is 36.2 Å². The highest BCUT2D eigenvalue weighted by atomic mass is 19.1. The van der Waals surface area contributed by atoms with Crippen LogP contribution in [0.3, 0.4) is 0 Å². The monoisotopic (exact) mass is 251 g/mol. The highest BCUT2D eigenvalue weighted by Gasteiger charge is 2.44. The Morgan fingerprint density at radius 2 is 2.17 bits per heavy atom. The zero-order chi connectivity index (χ0) is 13.1. The summed E-state index contributed by atoms with van der Waals surface area (Å²) in [5, 5.41) is 11.9. The largest absolute Gasteiger partial charge is 0.394 e. The molecule has 2 N–H and O–H groups in total. The molecular formula is C14H18FNO2. The van der Waals surface area contributed by atoms with Gasteiger partial charge in [0.25, 0.3) is 0 Å². The Morgan fingerprint density at radius 1 is 1.50 bits per heavy atom. The summed E-state index contributed by atoms with van der Waals surface area (Å²) < 4.78 is 12.8. The molecule has 3 nitrogen and oxygen atoms in total. The average Bonchev–Trinajstić information content (AvgIpc) is 3.17. The fourth-order valence-corrected chi connectivity index (χ4v) is 2.15. The van der Waals surface area contributed by atoms with Crippen molar-refractivity contribution >= 4 is 5.91 Å². The van der Waals surface area contributed by atoms with Crippen molar-refractivity contribution in [3.8, 4) is 0 Å². The van der Waals surface area contributed by atoms with Gasteiger partial charge in [-0.15, -0.1) is 0 Å². The molecule has 2 rings (SSSR count). The number of benzene rings is 1. The Balaban J connectivity index is 1.90. The van der Waals surface area contributed by atoms with Crippen LogP contribution in [-0.4, -0.2) is 23.7 Å². The molecule has 98 valence electrons. The van der Waals surface area contributed by atoms with Gasteiger partial charge in [0.05, 0.1) is 12.6 Å². The maximum Gasteiger partial charge on any atom is 0.224 e. The Morgan fingerprint density at radius 3 is 2.72 bits per heavy atom. The molecule has 0 saturated heterocycles. The Labute approximate surface area is 106 Å². The molecule has 1 amide bonds. The summed E-state index contributed by atoms with van der Waals surface area (Å²) >= 11 is 0. The summed E-state index contributed by atoms with van der Waals surface area (Å²) in [6.07, 6.45) is 1.52. The highest BCUT2D eigenvalue weighted by molar-refractivity contribution is 5.83. The van der Waals surface area contributed by atoms with Crippen molar-refractivity contribution in [1.82, 2.24) is 5.32 Å². The number of amides is 1. The molecule has 3 atom stereocenters. The molecule has 1 fully saturated rings. The number of hydrogen-bond acceptors (Lipinski definition) is 2. The second-order valence-corrected chi connectivity index (χ2v) is 4.80. The van der Waals surface area contributed by atoms with Crippen molar-refractivity contribution in [2.75, 3.05) is 6.61 Å². The molecule has 1 aliphatic rings. The van der Waals surface area contributed by atoms with Crippen LogP contribution in [0.1, 0.15) is 31.2 Å². The van der Waals surface area contributed by atoms with Gasteiger partial charge in [-0.3, -0.25) is 4.79 Å². The van der Waals surface area contributed by atoms with Gasteiger partial charge in [-0.2, -0.15) is 0 Å². The number of carbonyl (C=O) groups excluding carboxylic acids is 1. The van der Waals surface area contributed by atoms with Crippen molar-refractivity contribution in [2.45, 2.75) is 31.7 Å². The Hall–Kier alpha value is -1.42. The molecule has 3 unspecified atom stereocenters. The normalized spacial score (nSPS) is 23.5. The number of aliphatic hydroxyl groups excluding tert-OH is 1. The zero-order valence-corrected chi connectivity index (χ0v) is 10.4. The number of aliphatic hydroxyl groups is 1. The second-order valence-electron chi connectivity index (χ2n) is 4.80. The molecule has 1 aromatic rings. The first kappa shape index (κ1) is 13.0. The maximum atomic E-state index is 12.8. The lowest BCUT2D eigenvalue weighted by molar-refractivity contribution is -0.123. The molecule has 1 aromatic carbocycles. The molecule has 0 bridgehead atoms. The molecule has 0 aliphatic heterocycles. The lowest BCUT2D eigenvalue weighted by atomic mass is 10.1. The number of rotatable bonds is 5. The SMILES string of the molecule is CCC(CO)NC(=O)C1CC1c1ccc(F)cc1.